The van der Waals surface area contributed by atoms with Gasteiger partial charge in [0.2, 0.25) is 5.91 Å². The van der Waals surface area contributed by atoms with E-state index in [0.29, 0.717) is 29.2 Å². The summed E-state index contributed by atoms with van der Waals surface area (Å²) < 4.78 is 12.4. The van der Waals surface area contributed by atoms with Gasteiger partial charge in [0, 0.05) is 11.6 Å². The van der Waals surface area contributed by atoms with Crippen LogP contribution in [0.5, 0.6) is 17.2 Å². The van der Waals surface area contributed by atoms with E-state index in [4.69, 9.17) is 9.47 Å². The number of aromatic hydroxyl groups is 1. The Hall–Kier alpha value is -5.56. The fourth-order valence-corrected chi connectivity index (χ4v) is 4.54. The molecule has 5 aromatic carbocycles. The summed E-state index contributed by atoms with van der Waals surface area (Å²) in [5.41, 5.74) is 10.3. The maximum absolute atomic E-state index is 13.8. The smallest absolute Gasteiger partial charge is 0.274 e. The molecule has 0 atom stereocenters. The number of phenolic OH excluding ortho intramolecular Hbond substituents is 1. The van der Waals surface area contributed by atoms with Crippen LogP contribution >= 0.6 is 0 Å². The number of hydrazine groups is 1. The van der Waals surface area contributed by atoms with Gasteiger partial charge in [0.25, 0.3) is 5.91 Å². The minimum Gasteiger partial charge on any atom is -0.508 e. The van der Waals surface area contributed by atoms with Crippen LogP contribution in [0.25, 0.3) is 11.1 Å². The van der Waals surface area contributed by atoms with Crippen LogP contribution in [0.4, 0.5) is 0 Å². The van der Waals surface area contributed by atoms with Gasteiger partial charge in [0.15, 0.2) is 0 Å². The van der Waals surface area contributed by atoms with Crippen LogP contribution in [-0.4, -0.2) is 16.9 Å². The first-order valence-corrected chi connectivity index (χ1v) is 13.9. The summed E-state index contributed by atoms with van der Waals surface area (Å²) in [4.78, 5) is 26.4. The van der Waals surface area contributed by atoms with Gasteiger partial charge >= 0.3 is 0 Å². The molecule has 0 aromatic heterocycles. The van der Waals surface area contributed by atoms with Gasteiger partial charge in [0.05, 0.1) is 12.0 Å². The average molecular weight is 573 g/mol. The molecule has 0 aliphatic rings. The lowest BCUT2D eigenvalue weighted by molar-refractivity contribution is -0.121. The van der Waals surface area contributed by atoms with Crippen molar-refractivity contribution in [2.75, 3.05) is 0 Å². The molecule has 0 saturated heterocycles. The number of rotatable bonds is 10. The Morgan fingerprint density at radius 1 is 0.674 bits per heavy atom. The summed E-state index contributed by atoms with van der Waals surface area (Å²) in [6.07, 6.45) is -0.0247. The van der Waals surface area contributed by atoms with Crippen molar-refractivity contribution in [3.05, 3.63) is 149 Å². The topological polar surface area (TPSA) is 96.9 Å². The molecule has 0 aliphatic carbocycles. The Labute approximate surface area is 250 Å². The standard InChI is InChI=1S/C36H32N2O5/c1-25-15-17-29(18-16-25)32-21-31(42-23-26-9-4-2-5-10-26)22-33(43-24-27-11-6-3-7-12-27)35(32)36(41)38-37-34(40)20-28-13-8-14-30(39)19-28/h2-19,21-22,39H,20,23-24H2,1H3,(H,37,40)(H,38,41). The lowest BCUT2D eigenvalue weighted by Gasteiger charge is -2.19. The molecule has 43 heavy (non-hydrogen) atoms. The zero-order valence-electron chi connectivity index (χ0n) is 23.7. The molecule has 0 radical (unpaired) electrons. The lowest BCUT2D eigenvalue weighted by atomic mass is 9.97. The Kier molecular flexibility index (Phi) is 9.34. The summed E-state index contributed by atoms with van der Waals surface area (Å²) >= 11 is 0. The molecule has 5 rings (SSSR count). The Balaban J connectivity index is 1.47. The first-order chi connectivity index (χ1) is 20.9. The number of carbonyl (C=O) groups is 2. The monoisotopic (exact) mass is 572 g/mol. The van der Waals surface area contributed by atoms with E-state index in [-0.39, 0.29) is 24.3 Å². The third-order valence-corrected chi connectivity index (χ3v) is 6.74. The zero-order valence-corrected chi connectivity index (χ0v) is 23.7. The summed E-state index contributed by atoms with van der Waals surface area (Å²) in [5, 5.41) is 9.71. The molecule has 2 amide bonds. The molecule has 0 bridgehead atoms. The molecule has 0 saturated carbocycles. The maximum Gasteiger partial charge on any atom is 0.274 e. The normalized spacial score (nSPS) is 10.5. The quantitative estimate of drug-likeness (QED) is 0.165. The van der Waals surface area contributed by atoms with Crippen molar-refractivity contribution in [1.82, 2.24) is 10.9 Å². The molecular weight excluding hydrogens is 540 g/mol. The largest absolute Gasteiger partial charge is 0.508 e. The van der Waals surface area contributed by atoms with Crippen molar-refractivity contribution in [2.24, 2.45) is 0 Å². The van der Waals surface area contributed by atoms with Crippen molar-refractivity contribution >= 4 is 11.8 Å². The highest BCUT2D eigenvalue weighted by molar-refractivity contribution is 6.04. The fraction of sp³-hybridized carbons (Fsp3) is 0.111. The first-order valence-electron chi connectivity index (χ1n) is 13.9. The van der Waals surface area contributed by atoms with E-state index in [0.717, 1.165) is 22.3 Å². The maximum atomic E-state index is 13.8. The highest BCUT2D eigenvalue weighted by atomic mass is 16.5. The second-order valence-corrected chi connectivity index (χ2v) is 10.1. The molecule has 5 aromatic rings. The summed E-state index contributed by atoms with van der Waals surface area (Å²) in [6, 6.07) is 37.2. The third-order valence-electron chi connectivity index (χ3n) is 6.74. The number of nitrogens with one attached hydrogen (secondary N) is 2. The lowest BCUT2D eigenvalue weighted by Crippen LogP contribution is -2.42. The minimum atomic E-state index is -0.544. The molecule has 7 heteroatoms. The van der Waals surface area contributed by atoms with Crippen LogP contribution in [0.1, 0.15) is 32.6 Å². The summed E-state index contributed by atoms with van der Waals surface area (Å²) in [5.74, 6) is -0.0774. The number of benzene rings is 5. The van der Waals surface area contributed by atoms with Gasteiger partial charge in [0.1, 0.15) is 30.5 Å². The van der Waals surface area contributed by atoms with E-state index < -0.39 is 11.8 Å². The van der Waals surface area contributed by atoms with E-state index in [1.165, 1.54) is 12.1 Å². The highest BCUT2D eigenvalue weighted by Gasteiger charge is 2.22. The fourth-order valence-electron chi connectivity index (χ4n) is 4.54. The molecule has 216 valence electrons. The van der Waals surface area contributed by atoms with Crippen molar-refractivity contribution in [3.8, 4) is 28.4 Å². The van der Waals surface area contributed by atoms with Gasteiger partial charge in [-0.1, -0.05) is 103 Å². The minimum absolute atomic E-state index is 0.0247. The van der Waals surface area contributed by atoms with Gasteiger partial charge in [-0.3, -0.25) is 20.4 Å². The summed E-state index contributed by atoms with van der Waals surface area (Å²) in [6.45, 7) is 2.55. The number of aryl methyl sites for hydroxylation is 1. The molecule has 0 fully saturated rings. The predicted octanol–water partition coefficient (Wildman–Crippen LogP) is 6.53. The van der Waals surface area contributed by atoms with Crippen molar-refractivity contribution in [3.63, 3.8) is 0 Å². The van der Waals surface area contributed by atoms with Crippen LogP contribution in [0, 0.1) is 6.92 Å². The van der Waals surface area contributed by atoms with E-state index in [1.54, 1.807) is 18.2 Å². The third kappa shape index (κ3) is 8.01. The van der Waals surface area contributed by atoms with Crippen LogP contribution in [-0.2, 0) is 24.4 Å². The van der Waals surface area contributed by atoms with Gasteiger partial charge in [-0.2, -0.15) is 0 Å². The SMILES string of the molecule is Cc1ccc(-c2cc(OCc3ccccc3)cc(OCc3ccccc3)c2C(=O)NNC(=O)Cc2cccc(O)c2)cc1. The molecule has 0 aliphatic heterocycles. The van der Waals surface area contributed by atoms with Crippen molar-refractivity contribution in [2.45, 2.75) is 26.6 Å². The number of amides is 2. The van der Waals surface area contributed by atoms with Crippen LogP contribution < -0.4 is 20.3 Å². The number of hydrogen-bond acceptors (Lipinski definition) is 5. The predicted molar refractivity (Wildman–Crippen MR) is 166 cm³/mol. The molecular formula is C36H32N2O5. The molecule has 3 N–H and O–H groups in total. The Morgan fingerprint density at radius 3 is 1.95 bits per heavy atom. The van der Waals surface area contributed by atoms with Crippen molar-refractivity contribution in [1.29, 1.82) is 0 Å². The zero-order chi connectivity index (χ0) is 30.0. The number of ether oxygens (including phenoxy) is 2. The van der Waals surface area contributed by atoms with Crippen LogP contribution in [0.3, 0.4) is 0 Å². The number of phenols is 1. The number of hydrogen-bond donors (Lipinski definition) is 3. The van der Waals surface area contributed by atoms with E-state index in [1.807, 2.05) is 97.9 Å². The van der Waals surface area contributed by atoms with Crippen LogP contribution in [0.2, 0.25) is 0 Å². The van der Waals surface area contributed by atoms with Crippen LogP contribution in [0.15, 0.2) is 121 Å². The molecule has 0 heterocycles. The van der Waals surface area contributed by atoms with Gasteiger partial charge in [-0.25, -0.2) is 0 Å². The Bertz CT molecular complexity index is 1690. The first kappa shape index (κ1) is 29.0. The highest BCUT2D eigenvalue weighted by Crippen LogP contribution is 2.36. The van der Waals surface area contributed by atoms with Gasteiger partial charge in [-0.05, 0) is 47.4 Å². The second-order valence-electron chi connectivity index (χ2n) is 10.1. The molecule has 0 spiro atoms. The van der Waals surface area contributed by atoms with E-state index in [2.05, 4.69) is 10.9 Å². The van der Waals surface area contributed by atoms with Gasteiger partial charge in [-0.15, -0.1) is 0 Å². The Morgan fingerprint density at radius 2 is 1.30 bits per heavy atom. The number of carbonyl (C=O) groups excluding carboxylic acids is 2. The van der Waals surface area contributed by atoms with Gasteiger partial charge < -0.3 is 14.6 Å². The average Bonchev–Trinajstić information content (AvgIpc) is 3.03. The van der Waals surface area contributed by atoms with E-state index >= 15 is 0 Å². The molecule has 7 nitrogen and oxygen atoms in total. The van der Waals surface area contributed by atoms with E-state index in [9.17, 15) is 14.7 Å². The van der Waals surface area contributed by atoms with Crippen molar-refractivity contribution < 1.29 is 24.2 Å². The second kappa shape index (κ2) is 13.9. The molecule has 0 unspecified atom stereocenters. The summed E-state index contributed by atoms with van der Waals surface area (Å²) in [7, 11) is 0.